The lowest BCUT2D eigenvalue weighted by Gasteiger charge is -2.25. The molecule has 0 bridgehead atoms. The summed E-state index contributed by atoms with van der Waals surface area (Å²) in [6.07, 6.45) is 2.18. The summed E-state index contributed by atoms with van der Waals surface area (Å²) in [6.45, 7) is 7.72. The van der Waals surface area contributed by atoms with Crippen molar-refractivity contribution in [2.45, 2.75) is 51.1 Å². The van der Waals surface area contributed by atoms with Gasteiger partial charge in [-0.1, -0.05) is 0 Å². The summed E-state index contributed by atoms with van der Waals surface area (Å²) in [6, 6.07) is 0. The number of hydrogen-bond donors (Lipinski definition) is 0. The number of aromatic nitrogens is 4. The van der Waals surface area contributed by atoms with E-state index in [1.54, 1.807) is 0 Å². The van der Waals surface area contributed by atoms with Crippen LogP contribution in [0.3, 0.4) is 0 Å². The van der Waals surface area contributed by atoms with Crippen LogP contribution >= 0.6 is 11.6 Å². The Morgan fingerprint density at radius 3 is 2.85 bits per heavy atom. The van der Waals surface area contributed by atoms with Gasteiger partial charge >= 0.3 is 0 Å². The van der Waals surface area contributed by atoms with Crippen LogP contribution in [0.5, 0.6) is 0 Å². The predicted octanol–water partition coefficient (Wildman–Crippen LogP) is 2.95. The molecule has 0 saturated carbocycles. The first-order valence-electron chi connectivity index (χ1n) is 7.09. The van der Waals surface area contributed by atoms with Crippen LogP contribution in [0.2, 0.25) is 0 Å². The van der Waals surface area contributed by atoms with Crippen molar-refractivity contribution in [3.63, 3.8) is 0 Å². The van der Waals surface area contributed by atoms with Gasteiger partial charge in [0.15, 0.2) is 5.65 Å². The molecule has 1 aliphatic rings. The number of rotatable bonds is 3. The van der Waals surface area contributed by atoms with Gasteiger partial charge in [0, 0.05) is 13.7 Å². The van der Waals surface area contributed by atoms with Gasteiger partial charge in [-0.3, -0.25) is 4.68 Å². The van der Waals surface area contributed by atoms with Gasteiger partial charge in [-0.15, -0.1) is 11.6 Å². The zero-order chi connectivity index (χ0) is 14.5. The molecule has 0 N–H and O–H groups in total. The Labute approximate surface area is 123 Å². The second-order valence-electron chi connectivity index (χ2n) is 5.96. The Morgan fingerprint density at radius 1 is 1.50 bits per heavy atom. The highest BCUT2D eigenvalue weighted by Crippen LogP contribution is 2.32. The second-order valence-corrected chi connectivity index (χ2v) is 6.61. The molecule has 2 aromatic heterocycles. The molecule has 1 saturated heterocycles. The molecule has 3 heterocycles. The number of alkyl halides is 1. The fraction of sp³-hybridized carbons (Fsp3) is 0.714. The smallest absolute Gasteiger partial charge is 0.158 e. The maximum absolute atomic E-state index is 6.32. The Morgan fingerprint density at radius 2 is 2.25 bits per heavy atom. The number of imidazole rings is 1. The third kappa shape index (κ3) is 2.13. The quantitative estimate of drug-likeness (QED) is 0.818. The second kappa shape index (κ2) is 4.74. The van der Waals surface area contributed by atoms with E-state index in [2.05, 4.69) is 16.6 Å². The molecule has 0 aliphatic carbocycles. The molecule has 0 spiro atoms. The molecule has 1 fully saturated rings. The fourth-order valence-corrected chi connectivity index (χ4v) is 3.27. The van der Waals surface area contributed by atoms with Crippen molar-refractivity contribution < 1.29 is 4.74 Å². The van der Waals surface area contributed by atoms with Crippen LogP contribution in [0.4, 0.5) is 0 Å². The first kappa shape index (κ1) is 13.9. The van der Waals surface area contributed by atoms with Crippen LogP contribution in [0.15, 0.2) is 0 Å². The zero-order valence-electron chi connectivity index (χ0n) is 12.5. The van der Waals surface area contributed by atoms with Crippen molar-refractivity contribution in [1.82, 2.24) is 19.3 Å². The van der Waals surface area contributed by atoms with Crippen molar-refractivity contribution in [2.24, 2.45) is 7.05 Å². The van der Waals surface area contributed by atoms with E-state index in [1.807, 2.05) is 25.6 Å². The summed E-state index contributed by atoms with van der Waals surface area (Å²) >= 11 is 6.32. The molecule has 2 atom stereocenters. The summed E-state index contributed by atoms with van der Waals surface area (Å²) in [7, 11) is 1.95. The van der Waals surface area contributed by atoms with Crippen LogP contribution in [0, 0.1) is 6.92 Å². The van der Waals surface area contributed by atoms with Crippen molar-refractivity contribution in [3.8, 4) is 0 Å². The van der Waals surface area contributed by atoms with E-state index in [4.69, 9.17) is 21.3 Å². The van der Waals surface area contributed by atoms with Crippen molar-refractivity contribution in [2.75, 3.05) is 6.61 Å². The van der Waals surface area contributed by atoms with Crippen LogP contribution in [0.25, 0.3) is 11.2 Å². The zero-order valence-corrected chi connectivity index (χ0v) is 13.2. The first-order chi connectivity index (χ1) is 9.41. The number of fused-ring (bicyclic) bond motifs is 1. The fourth-order valence-electron chi connectivity index (χ4n) is 3.11. The van der Waals surface area contributed by atoms with Crippen LogP contribution < -0.4 is 0 Å². The molecule has 3 rings (SSSR count). The monoisotopic (exact) mass is 296 g/mol. The average molecular weight is 297 g/mol. The number of hydrogen-bond acceptors (Lipinski definition) is 3. The third-order valence-corrected chi connectivity index (χ3v) is 4.26. The predicted molar refractivity (Wildman–Crippen MR) is 79.1 cm³/mol. The minimum absolute atomic E-state index is 0.133. The topological polar surface area (TPSA) is 44.9 Å². The van der Waals surface area contributed by atoms with E-state index in [9.17, 15) is 0 Å². The molecule has 5 nitrogen and oxygen atoms in total. The Kier molecular flexibility index (Phi) is 3.29. The summed E-state index contributed by atoms with van der Waals surface area (Å²) < 4.78 is 9.99. The highest BCUT2D eigenvalue weighted by Gasteiger charge is 2.33. The molecule has 1 aliphatic heterocycles. The summed E-state index contributed by atoms with van der Waals surface area (Å²) in [5.74, 6) is 0.898. The normalized spacial score (nSPS) is 24.6. The lowest BCUT2D eigenvalue weighted by Crippen LogP contribution is -2.30. The lowest BCUT2D eigenvalue weighted by atomic mass is 10.0. The van der Waals surface area contributed by atoms with Crippen molar-refractivity contribution in [3.05, 3.63) is 11.5 Å². The van der Waals surface area contributed by atoms with Gasteiger partial charge in [-0.25, -0.2) is 4.98 Å². The lowest BCUT2D eigenvalue weighted by molar-refractivity contribution is 0.00628. The van der Waals surface area contributed by atoms with E-state index < -0.39 is 0 Å². The SMILES string of the molecule is Cc1nn(C)c2c1nc(C(C)Cl)n2CC1(C)CCCO1. The molecule has 2 unspecified atom stereocenters. The van der Waals surface area contributed by atoms with E-state index in [1.165, 1.54) is 0 Å². The maximum atomic E-state index is 6.32. The number of aryl methyl sites for hydroxylation is 2. The van der Waals surface area contributed by atoms with Gasteiger partial charge in [-0.05, 0) is 33.6 Å². The van der Waals surface area contributed by atoms with Gasteiger partial charge in [0.2, 0.25) is 0 Å². The molecule has 0 aromatic carbocycles. The van der Waals surface area contributed by atoms with Crippen LogP contribution in [-0.2, 0) is 18.3 Å². The van der Waals surface area contributed by atoms with E-state index in [-0.39, 0.29) is 11.0 Å². The average Bonchev–Trinajstić information content (AvgIpc) is 2.99. The molecular weight excluding hydrogens is 276 g/mol. The van der Waals surface area contributed by atoms with Crippen LogP contribution in [0.1, 0.15) is 43.6 Å². The van der Waals surface area contributed by atoms with E-state index >= 15 is 0 Å². The van der Waals surface area contributed by atoms with Gasteiger partial charge in [0.05, 0.1) is 23.2 Å². The van der Waals surface area contributed by atoms with Gasteiger partial charge in [0.1, 0.15) is 11.3 Å². The van der Waals surface area contributed by atoms with Gasteiger partial charge in [-0.2, -0.15) is 5.10 Å². The molecule has 20 heavy (non-hydrogen) atoms. The largest absolute Gasteiger partial charge is 0.373 e. The molecule has 6 heteroatoms. The standard InChI is InChI=1S/C14H21ClN4O/c1-9(15)12-16-11-10(2)17-18(4)13(11)19(12)8-14(3)6-5-7-20-14/h9H,5-8H2,1-4H3. The van der Waals surface area contributed by atoms with Crippen LogP contribution in [-0.4, -0.2) is 31.5 Å². The first-order valence-corrected chi connectivity index (χ1v) is 7.53. The minimum atomic E-state index is -0.133. The van der Waals surface area contributed by atoms with Crippen molar-refractivity contribution in [1.29, 1.82) is 0 Å². The minimum Gasteiger partial charge on any atom is -0.373 e. The number of ether oxygens (including phenoxy) is 1. The Bertz CT molecular complexity index is 637. The third-order valence-electron chi connectivity index (χ3n) is 4.07. The molecule has 2 aromatic rings. The molecule has 0 radical (unpaired) electrons. The Balaban J connectivity index is 2.13. The Hall–Kier alpha value is -1.07. The van der Waals surface area contributed by atoms with E-state index in [0.717, 1.165) is 48.7 Å². The number of nitrogens with zero attached hydrogens (tertiary/aromatic N) is 4. The maximum Gasteiger partial charge on any atom is 0.158 e. The van der Waals surface area contributed by atoms with Gasteiger partial charge in [0.25, 0.3) is 0 Å². The van der Waals surface area contributed by atoms with Crippen molar-refractivity contribution >= 4 is 22.8 Å². The molecule has 0 amide bonds. The molecular formula is C14H21ClN4O. The summed E-state index contributed by atoms with van der Waals surface area (Å²) in [5.41, 5.74) is 2.78. The van der Waals surface area contributed by atoms with E-state index in [0.29, 0.717) is 0 Å². The molecule has 110 valence electrons. The highest BCUT2D eigenvalue weighted by molar-refractivity contribution is 6.20. The van der Waals surface area contributed by atoms with Gasteiger partial charge < -0.3 is 9.30 Å². The number of halogens is 1. The highest BCUT2D eigenvalue weighted by atomic mass is 35.5. The summed E-state index contributed by atoms with van der Waals surface area (Å²) in [4.78, 5) is 4.70. The summed E-state index contributed by atoms with van der Waals surface area (Å²) in [5, 5.41) is 4.33.